The van der Waals surface area contributed by atoms with Crippen LogP contribution >= 0.6 is 11.6 Å². The van der Waals surface area contributed by atoms with Crippen molar-refractivity contribution >= 4 is 23.4 Å². The maximum Gasteiger partial charge on any atom is 0.0409 e. The van der Waals surface area contributed by atoms with E-state index >= 15 is 0 Å². The summed E-state index contributed by atoms with van der Waals surface area (Å²) in [5.41, 5.74) is 3.86. The molecule has 0 spiro atoms. The molecule has 0 amide bonds. The van der Waals surface area contributed by atoms with Gasteiger partial charge in [-0.3, -0.25) is 4.99 Å². The summed E-state index contributed by atoms with van der Waals surface area (Å²) in [4.78, 5) is 4.29. The summed E-state index contributed by atoms with van der Waals surface area (Å²) in [5.74, 6) is 2.21. The van der Waals surface area contributed by atoms with Gasteiger partial charge in [0.25, 0.3) is 0 Å². The van der Waals surface area contributed by atoms with E-state index in [0.717, 1.165) is 16.9 Å². The molecule has 0 aliphatic heterocycles. The van der Waals surface area contributed by atoms with Gasteiger partial charge in [0.05, 0.1) is 0 Å². The van der Waals surface area contributed by atoms with Crippen LogP contribution in [0.5, 0.6) is 0 Å². The lowest BCUT2D eigenvalue weighted by atomic mass is 9.76. The number of nitrogens with zero attached hydrogens (tertiary/aromatic N) is 1. The molecular formula is C22H32ClN. The van der Waals surface area contributed by atoms with Crippen LogP contribution in [0.15, 0.2) is 29.4 Å². The second kappa shape index (κ2) is 9.42. The quantitative estimate of drug-likeness (QED) is 0.473. The van der Waals surface area contributed by atoms with E-state index in [1.165, 1.54) is 55.2 Å². The average molecular weight is 346 g/mol. The number of rotatable bonds is 6. The zero-order valence-electron chi connectivity index (χ0n) is 15.7. The highest BCUT2D eigenvalue weighted by molar-refractivity contribution is 6.30. The number of hydrogen-bond acceptors (Lipinski definition) is 1. The Balaban J connectivity index is 2.18. The van der Waals surface area contributed by atoms with Gasteiger partial charge in [-0.25, -0.2) is 0 Å². The molecule has 0 N–H and O–H groups in total. The zero-order valence-corrected chi connectivity index (χ0v) is 16.4. The monoisotopic (exact) mass is 345 g/mol. The second-order valence-electron chi connectivity index (χ2n) is 7.46. The molecule has 1 aromatic rings. The Bertz CT molecular complexity index is 582. The van der Waals surface area contributed by atoms with Crippen molar-refractivity contribution in [3.63, 3.8) is 0 Å². The Morgan fingerprint density at radius 1 is 1.25 bits per heavy atom. The molecule has 132 valence electrons. The molecule has 2 unspecified atom stereocenters. The summed E-state index contributed by atoms with van der Waals surface area (Å²) in [6.07, 6.45) is 12.1. The van der Waals surface area contributed by atoms with Crippen molar-refractivity contribution in [2.24, 2.45) is 16.8 Å². The van der Waals surface area contributed by atoms with Crippen LogP contribution in [0.4, 0.5) is 0 Å². The van der Waals surface area contributed by atoms with Crippen LogP contribution in [0.1, 0.15) is 83.3 Å². The fraction of sp³-hybridized carbons (Fsp3) is 0.591. The van der Waals surface area contributed by atoms with Gasteiger partial charge in [0.1, 0.15) is 0 Å². The fourth-order valence-corrected chi connectivity index (χ4v) is 4.32. The molecule has 24 heavy (non-hydrogen) atoms. The van der Waals surface area contributed by atoms with Gasteiger partial charge in [0, 0.05) is 17.4 Å². The van der Waals surface area contributed by atoms with Gasteiger partial charge in [0.15, 0.2) is 0 Å². The number of benzene rings is 1. The first-order valence-electron chi connectivity index (χ1n) is 9.47. The normalized spacial score (nSPS) is 19.6. The molecule has 2 rings (SSSR count). The van der Waals surface area contributed by atoms with E-state index < -0.39 is 0 Å². The molecule has 1 aliphatic rings. The summed E-state index contributed by atoms with van der Waals surface area (Å²) < 4.78 is 0. The van der Waals surface area contributed by atoms with Crippen LogP contribution in [-0.4, -0.2) is 6.21 Å². The minimum atomic E-state index is 0.518. The predicted molar refractivity (Wildman–Crippen MR) is 108 cm³/mol. The molecule has 0 saturated heterocycles. The molecule has 1 saturated carbocycles. The van der Waals surface area contributed by atoms with Crippen LogP contribution in [0.2, 0.25) is 5.02 Å². The highest BCUT2D eigenvalue weighted by Crippen LogP contribution is 2.37. The Morgan fingerprint density at radius 2 is 1.96 bits per heavy atom. The summed E-state index contributed by atoms with van der Waals surface area (Å²) in [6.45, 7) is 8.88. The topological polar surface area (TPSA) is 12.4 Å². The summed E-state index contributed by atoms with van der Waals surface area (Å²) in [5, 5.41) is 0.831. The second-order valence-corrected chi connectivity index (χ2v) is 7.90. The summed E-state index contributed by atoms with van der Waals surface area (Å²) in [6, 6.07) is 6.29. The van der Waals surface area contributed by atoms with Crippen LogP contribution in [0.25, 0.3) is 5.57 Å². The highest BCUT2D eigenvalue weighted by atomic mass is 35.5. The first kappa shape index (κ1) is 19.2. The van der Waals surface area contributed by atoms with Crippen LogP contribution in [0, 0.1) is 11.8 Å². The SMILES string of the molecule is C/C=N\C=C(/C)c1ccc(Cl)cc1C(C)CC(C)C1CCCCC1. The maximum absolute atomic E-state index is 6.31. The van der Waals surface area contributed by atoms with Crippen LogP contribution in [-0.2, 0) is 0 Å². The van der Waals surface area contributed by atoms with E-state index in [1.54, 1.807) is 0 Å². The lowest BCUT2D eigenvalue weighted by Gasteiger charge is -2.30. The van der Waals surface area contributed by atoms with Gasteiger partial charge in [0.2, 0.25) is 0 Å². The third kappa shape index (κ3) is 5.21. The number of allylic oxidation sites excluding steroid dienone is 1. The number of halogens is 1. The molecule has 1 aromatic carbocycles. The molecule has 2 atom stereocenters. The first-order chi connectivity index (χ1) is 11.5. The van der Waals surface area contributed by atoms with Crippen molar-refractivity contribution in [3.8, 4) is 0 Å². The lowest BCUT2D eigenvalue weighted by Crippen LogP contribution is -2.17. The largest absolute Gasteiger partial charge is 0.269 e. The van der Waals surface area contributed by atoms with Crippen molar-refractivity contribution < 1.29 is 0 Å². The standard InChI is InChI=1S/C22H32ClN/c1-5-24-15-18(4)21-12-11-20(23)14-22(21)17(3)13-16(2)19-9-7-6-8-10-19/h5,11-12,14-17,19H,6-10,13H2,1-4H3/b18-15+,24-5-. The van der Waals surface area contributed by atoms with Gasteiger partial charge in [-0.1, -0.05) is 63.6 Å². The summed E-state index contributed by atoms with van der Waals surface area (Å²) in [7, 11) is 0. The Kier molecular flexibility index (Phi) is 7.55. The first-order valence-corrected chi connectivity index (χ1v) is 9.85. The Labute approximate surface area is 153 Å². The van der Waals surface area contributed by atoms with Crippen molar-refractivity contribution in [2.45, 2.75) is 72.1 Å². The molecule has 1 aliphatic carbocycles. The number of hydrogen-bond donors (Lipinski definition) is 0. The zero-order chi connectivity index (χ0) is 17.5. The third-order valence-corrected chi connectivity index (χ3v) is 5.80. The molecule has 0 heterocycles. The molecule has 1 nitrogen and oxygen atoms in total. The van der Waals surface area contributed by atoms with Gasteiger partial charge in [-0.15, -0.1) is 0 Å². The molecule has 1 fully saturated rings. The molecule has 0 aromatic heterocycles. The van der Waals surface area contributed by atoms with E-state index in [0.29, 0.717) is 5.92 Å². The molecule has 0 bridgehead atoms. The minimum Gasteiger partial charge on any atom is -0.269 e. The van der Waals surface area contributed by atoms with Gasteiger partial charge < -0.3 is 0 Å². The van der Waals surface area contributed by atoms with E-state index in [4.69, 9.17) is 11.6 Å². The van der Waals surface area contributed by atoms with Crippen molar-refractivity contribution in [1.82, 2.24) is 0 Å². The average Bonchev–Trinajstić information content (AvgIpc) is 2.60. The summed E-state index contributed by atoms with van der Waals surface area (Å²) >= 11 is 6.31. The highest BCUT2D eigenvalue weighted by Gasteiger charge is 2.23. The predicted octanol–water partition coefficient (Wildman–Crippen LogP) is 7.50. The molecular weight excluding hydrogens is 314 g/mol. The molecule has 2 heteroatoms. The van der Waals surface area contributed by atoms with E-state index in [2.05, 4.69) is 37.9 Å². The lowest BCUT2D eigenvalue weighted by molar-refractivity contribution is 0.244. The Hall–Kier alpha value is -1.08. The van der Waals surface area contributed by atoms with Crippen molar-refractivity contribution in [2.75, 3.05) is 0 Å². The van der Waals surface area contributed by atoms with E-state index in [1.807, 2.05) is 25.4 Å². The molecule has 0 radical (unpaired) electrons. The van der Waals surface area contributed by atoms with Gasteiger partial charge >= 0.3 is 0 Å². The van der Waals surface area contributed by atoms with E-state index in [9.17, 15) is 0 Å². The van der Waals surface area contributed by atoms with Crippen molar-refractivity contribution in [1.29, 1.82) is 0 Å². The van der Waals surface area contributed by atoms with Crippen molar-refractivity contribution in [3.05, 3.63) is 40.5 Å². The van der Waals surface area contributed by atoms with E-state index in [-0.39, 0.29) is 0 Å². The minimum absolute atomic E-state index is 0.518. The van der Waals surface area contributed by atoms with Crippen LogP contribution < -0.4 is 0 Å². The fourth-order valence-electron chi connectivity index (χ4n) is 4.14. The Morgan fingerprint density at radius 3 is 2.62 bits per heavy atom. The third-order valence-electron chi connectivity index (χ3n) is 5.57. The number of aliphatic imine (C=N–C) groups is 1. The van der Waals surface area contributed by atoms with Gasteiger partial charge in [-0.2, -0.15) is 0 Å². The smallest absolute Gasteiger partial charge is 0.0409 e. The van der Waals surface area contributed by atoms with Crippen LogP contribution in [0.3, 0.4) is 0 Å². The maximum atomic E-state index is 6.31. The van der Waals surface area contributed by atoms with Gasteiger partial charge in [-0.05, 0) is 66.9 Å².